The number of ether oxygens (including phenoxy) is 2. The van der Waals surface area contributed by atoms with Crippen LogP contribution in [0, 0.1) is 11.8 Å². The molecule has 1 aliphatic heterocycles. The lowest BCUT2D eigenvalue weighted by Crippen LogP contribution is -2.53. The molecule has 488 valence electrons. The highest BCUT2D eigenvalue weighted by Gasteiger charge is 2.32. The minimum Gasteiger partial charge on any atom is -0.481 e. The van der Waals surface area contributed by atoms with Crippen molar-refractivity contribution in [2.75, 3.05) is 91.6 Å². The molecule has 1 aliphatic carbocycles. The van der Waals surface area contributed by atoms with Gasteiger partial charge in [-0.1, -0.05) is 72.8 Å². The molecular weight excluding hydrogens is 1150 g/mol. The number of nitrogens with one attached hydrogen (secondary N) is 6. The van der Waals surface area contributed by atoms with Gasteiger partial charge in [-0.15, -0.1) is 0 Å². The molecule has 3 aromatic carbocycles. The van der Waals surface area contributed by atoms with Gasteiger partial charge in [0.1, 0.15) is 35.3 Å². The molecule has 25 nitrogen and oxygen atoms in total. The third-order valence-corrected chi connectivity index (χ3v) is 15.5. The highest BCUT2D eigenvalue weighted by atomic mass is 16.6. The Hall–Kier alpha value is -7.87. The van der Waals surface area contributed by atoms with Crippen LogP contribution in [0.1, 0.15) is 104 Å². The third-order valence-electron chi connectivity index (χ3n) is 15.5. The molecule has 4 atom stereocenters. The van der Waals surface area contributed by atoms with Crippen LogP contribution in [0.5, 0.6) is 0 Å². The van der Waals surface area contributed by atoms with E-state index in [-0.39, 0.29) is 100 Å². The average molecular weight is 1240 g/mol. The number of benzene rings is 3. The summed E-state index contributed by atoms with van der Waals surface area (Å²) in [4.78, 5) is 148. The molecule has 0 aromatic heterocycles. The van der Waals surface area contributed by atoms with Crippen LogP contribution in [0.15, 0.2) is 72.8 Å². The molecule has 25 heteroatoms. The van der Waals surface area contributed by atoms with Gasteiger partial charge in [-0.2, -0.15) is 0 Å². The van der Waals surface area contributed by atoms with E-state index < -0.39 is 72.1 Å². The number of hydrogen-bond donors (Lipinski definition) is 8. The Morgan fingerprint density at radius 1 is 0.596 bits per heavy atom. The van der Waals surface area contributed by atoms with E-state index in [1.165, 1.54) is 13.8 Å². The second-order valence-corrected chi connectivity index (χ2v) is 24.3. The maximum Gasteiger partial charge on any atom is 0.326 e. The second-order valence-electron chi connectivity index (χ2n) is 24.3. The summed E-state index contributed by atoms with van der Waals surface area (Å²) in [6.45, 7) is 13.0. The van der Waals surface area contributed by atoms with E-state index in [0.717, 1.165) is 21.9 Å². The standard InChI is InChI=1S/C64H92N10O15/c1-44(76)39-71-27-28-72(40-45(2)77)30-33-74(42-58(81)89-64(3,4)5)34-32-73(31-29-71)41-55(78)67-53(36-46-13-7-6-8-14-46)61(84)66-38-47-18-22-50(23-19-47)59(82)68-54(37-48-20-21-49-15-9-10-16-51(49)35-48)60(83)65-26-12-11-17-56(88-43-75)70-63(87)69-52(62(85)86)24-25-57(79)80/h6-10,13-16,20-21,35,43,47,50,52-54,56H,11-12,17-19,22-34,36-42H2,1-5H3,(H,65,83)(H,66,84)(H,67,78)(H,68,82)(H,79,80)(H,85,86)(H2,69,70,87)/t47-,50-,52-,53-,54-,56+/m0/s1. The van der Waals surface area contributed by atoms with Gasteiger partial charge in [0.05, 0.1) is 26.2 Å². The summed E-state index contributed by atoms with van der Waals surface area (Å²) in [5.74, 6) is -4.90. The number of nitrogens with zero attached hydrogens (tertiary/aromatic N) is 4. The van der Waals surface area contributed by atoms with Gasteiger partial charge in [-0.3, -0.25) is 62.8 Å². The van der Waals surface area contributed by atoms with Crippen LogP contribution in [0.3, 0.4) is 0 Å². The topological polar surface area (TPSA) is 332 Å². The van der Waals surface area contributed by atoms with Gasteiger partial charge in [0.2, 0.25) is 23.6 Å². The molecule has 8 N–H and O–H groups in total. The largest absolute Gasteiger partial charge is 0.481 e. The quantitative estimate of drug-likeness (QED) is 0.0193. The molecule has 1 saturated heterocycles. The lowest BCUT2D eigenvalue weighted by Gasteiger charge is -2.34. The molecule has 0 radical (unpaired) electrons. The highest BCUT2D eigenvalue weighted by Crippen LogP contribution is 2.29. The minimum absolute atomic E-state index is 0.00463. The van der Waals surface area contributed by atoms with Gasteiger partial charge in [-0.05, 0) is 107 Å². The van der Waals surface area contributed by atoms with Gasteiger partial charge >= 0.3 is 23.9 Å². The van der Waals surface area contributed by atoms with Gasteiger partial charge in [0.15, 0.2) is 6.23 Å². The summed E-state index contributed by atoms with van der Waals surface area (Å²) in [5, 5.41) is 36.9. The van der Waals surface area contributed by atoms with Crippen LogP contribution in [-0.2, 0) is 70.3 Å². The number of carboxylic acid groups (broad SMARTS) is 2. The number of urea groups is 1. The molecule has 0 spiro atoms. The van der Waals surface area contributed by atoms with Crippen molar-refractivity contribution in [2.45, 2.75) is 135 Å². The fourth-order valence-electron chi connectivity index (χ4n) is 10.9. The van der Waals surface area contributed by atoms with E-state index in [4.69, 9.17) is 14.6 Å². The number of unbranched alkanes of at least 4 members (excludes halogenated alkanes) is 1. The summed E-state index contributed by atoms with van der Waals surface area (Å²) in [6, 6.07) is 18.6. The Bertz CT molecular complexity index is 2840. The first-order chi connectivity index (χ1) is 42.4. The summed E-state index contributed by atoms with van der Waals surface area (Å²) in [5.41, 5.74) is 0.974. The van der Waals surface area contributed by atoms with Crippen molar-refractivity contribution in [3.8, 4) is 0 Å². The Morgan fingerprint density at radius 3 is 1.72 bits per heavy atom. The predicted molar refractivity (Wildman–Crippen MR) is 331 cm³/mol. The second kappa shape index (κ2) is 37.2. The molecule has 2 fully saturated rings. The number of rotatable bonds is 32. The molecule has 1 heterocycles. The first-order valence-corrected chi connectivity index (χ1v) is 30.8. The highest BCUT2D eigenvalue weighted by molar-refractivity contribution is 5.90. The number of aliphatic carboxylic acids is 2. The van der Waals surface area contributed by atoms with Crippen molar-refractivity contribution in [3.63, 3.8) is 0 Å². The van der Waals surface area contributed by atoms with E-state index in [0.29, 0.717) is 97.4 Å². The predicted octanol–water partition coefficient (Wildman–Crippen LogP) is 2.66. The number of carbonyl (C=O) groups excluding carboxylic acids is 9. The Kier molecular flexibility index (Phi) is 30.0. The lowest BCUT2D eigenvalue weighted by molar-refractivity contribution is -0.156. The molecule has 6 amide bonds. The van der Waals surface area contributed by atoms with Crippen molar-refractivity contribution in [3.05, 3.63) is 83.9 Å². The van der Waals surface area contributed by atoms with Crippen LogP contribution in [0.25, 0.3) is 10.8 Å². The molecule has 89 heavy (non-hydrogen) atoms. The summed E-state index contributed by atoms with van der Waals surface area (Å²) >= 11 is 0. The number of carboxylic acids is 2. The van der Waals surface area contributed by atoms with Crippen LogP contribution in [0.4, 0.5) is 4.79 Å². The van der Waals surface area contributed by atoms with Gasteiger partial charge in [-0.25, -0.2) is 9.59 Å². The molecule has 2 aliphatic rings. The van der Waals surface area contributed by atoms with E-state index in [1.807, 2.05) is 92.4 Å². The van der Waals surface area contributed by atoms with Crippen molar-refractivity contribution >= 4 is 76.4 Å². The summed E-state index contributed by atoms with van der Waals surface area (Å²) in [7, 11) is 0. The van der Waals surface area contributed by atoms with Crippen LogP contribution in [-0.4, -0.2) is 217 Å². The minimum atomic E-state index is -1.50. The van der Waals surface area contributed by atoms with E-state index in [9.17, 15) is 57.8 Å². The maximum absolute atomic E-state index is 14.2. The molecule has 3 aromatic rings. The fraction of sp³-hybridized carbons (Fsp3) is 0.578. The Morgan fingerprint density at radius 2 is 1.15 bits per heavy atom. The number of Topliss-reactive ketones (excluding diaryl/α,β-unsaturated/α-hetero) is 2. The molecule has 0 bridgehead atoms. The van der Waals surface area contributed by atoms with Crippen molar-refractivity contribution < 1.29 is 72.4 Å². The Balaban J connectivity index is 1.18. The number of hydrogen-bond acceptors (Lipinski definition) is 17. The van der Waals surface area contributed by atoms with Crippen LogP contribution >= 0.6 is 0 Å². The SMILES string of the molecule is CC(=O)CN1CCN(CC(C)=O)CCN(CC(=O)OC(C)(C)C)CCN(CC(=O)N[C@@H](Cc2ccccc2)C(=O)NC[C@H]2CC[C@H](C(=O)N[C@@H](Cc3ccc4ccccc4c3)C(=O)NCCCC[C@H](NC(=O)N[C@@H](CCC(=O)O)C(=O)O)OC=O)CC2)CC1. The molecule has 0 unspecified atom stereocenters. The first-order valence-electron chi connectivity index (χ1n) is 30.8. The number of esters is 1. The first kappa shape index (κ1) is 71.9. The monoisotopic (exact) mass is 1240 g/mol. The number of fused-ring (bicyclic) bond motifs is 1. The average Bonchev–Trinajstić information content (AvgIpc) is 3.28. The van der Waals surface area contributed by atoms with E-state index in [2.05, 4.69) is 31.9 Å². The number of carbonyl (C=O) groups is 11. The zero-order chi connectivity index (χ0) is 64.9. The van der Waals surface area contributed by atoms with E-state index in [1.54, 1.807) is 20.8 Å². The van der Waals surface area contributed by atoms with Crippen molar-refractivity contribution in [1.29, 1.82) is 0 Å². The normalized spacial score (nSPS) is 18.0. The molecule has 1 saturated carbocycles. The number of ketones is 2. The molecule has 5 rings (SSSR count). The van der Waals surface area contributed by atoms with Gasteiger partial charge in [0.25, 0.3) is 6.47 Å². The van der Waals surface area contributed by atoms with Gasteiger partial charge < -0.3 is 51.6 Å². The Labute approximate surface area is 521 Å². The van der Waals surface area contributed by atoms with Crippen molar-refractivity contribution in [2.24, 2.45) is 11.8 Å². The third kappa shape index (κ3) is 28.0. The van der Waals surface area contributed by atoms with Crippen LogP contribution < -0.4 is 31.9 Å². The number of amides is 6. The maximum atomic E-state index is 14.2. The lowest BCUT2D eigenvalue weighted by atomic mass is 9.81. The van der Waals surface area contributed by atoms with Crippen LogP contribution in [0.2, 0.25) is 0 Å². The summed E-state index contributed by atoms with van der Waals surface area (Å²) in [6.07, 6.45) is 1.43. The summed E-state index contributed by atoms with van der Waals surface area (Å²) < 4.78 is 10.6. The zero-order valence-corrected chi connectivity index (χ0v) is 52.1. The molecular formula is C64H92N10O15. The van der Waals surface area contributed by atoms with Crippen molar-refractivity contribution in [1.82, 2.24) is 51.5 Å². The smallest absolute Gasteiger partial charge is 0.326 e. The van der Waals surface area contributed by atoms with Gasteiger partial charge in [0, 0.05) is 97.0 Å². The fourth-order valence-corrected chi connectivity index (χ4v) is 10.9. The van der Waals surface area contributed by atoms with E-state index >= 15 is 0 Å². The zero-order valence-electron chi connectivity index (χ0n) is 52.1.